The van der Waals surface area contributed by atoms with Crippen molar-refractivity contribution in [2.24, 2.45) is 0 Å². The fourth-order valence-electron chi connectivity index (χ4n) is 3.13. The van der Waals surface area contributed by atoms with Gasteiger partial charge in [-0.05, 0) is 29.8 Å². The van der Waals surface area contributed by atoms with Crippen LogP contribution in [0.15, 0.2) is 72.8 Å². The van der Waals surface area contributed by atoms with E-state index in [9.17, 15) is 13.2 Å². The van der Waals surface area contributed by atoms with E-state index in [0.717, 1.165) is 40.3 Å². The third-order valence-electron chi connectivity index (χ3n) is 4.25. The normalized spacial score (nSPS) is 13.8. The van der Waals surface area contributed by atoms with Crippen LogP contribution in [-0.4, -0.2) is 0 Å². The highest BCUT2D eigenvalue weighted by Gasteiger charge is 2.32. The Balaban J connectivity index is 1.86. The maximum Gasteiger partial charge on any atom is 0.416 e. The Morgan fingerprint density at radius 1 is 0.667 bits per heavy atom. The minimum Gasteiger partial charge on any atom is -0.457 e. The van der Waals surface area contributed by atoms with Crippen LogP contribution in [0.2, 0.25) is 0 Å². The lowest BCUT2D eigenvalue weighted by molar-refractivity contribution is -0.137. The molecule has 3 aromatic carbocycles. The second-order valence-electron chi connectivity index (χ2n) is 5.73. The molecule has 0 saturated carbocycles. The fourth-order valence-corrected chi connectivity index (χ4v) is 3.13. The van der Waals surface area contributed by atoms with Crippen molar-refractivity contribution in [2.45, 2.75) is 12.1 Å². The molecule has 120 valence electrons. The van der Waals surface area contributed by atoms with E-state index in [0.29, 0.717) is 0 Å². The predicted molar refractivity (Wildman–Crippen MR) is 85.3 cm³/mol. The maximum absolute atomic E-state index is 12.8. The molecule has 1 aliphatic rings. The second kappa shape index (κ2) is 5.41. The molecule has 4 rings (SSSR count). The van der Waals surface area contributed by atoms with Gasteiger partial charge in [-0.25, -0.2) is 0 Å². The number of ether oxygens (including phenoxy) is 1. The van der Waals surface area contributed by atoms with Gasteiger partial charge in [-0.15, -0.1) is 0 Å². The molecule has 0 aromatic heterocycles. The van der Waals surface area contributed by atoms with Crippen LogP contribution in [0.3, 0.4) is 0 Å². The number of halogens is 3. The molecule has 0 fully saturated rings. The molecule has 0 spiro atoms. The third kappa shape index (κ3) is 2.44. The van der Waals surface area contributed by atoms with Crippen LogP contribution < -0.4 is 4.74 Å². The Labute approximate surface area is 137 Å². The zero-order valence-electron chi connectivity index (χ0n) is 12.5. The van der Waals surface area contributed by atoms with Gasteiger partial charge in [0.2, 0.25) is 0 Å². The zero-order valence-corrected chi connectivity index (χ0v) is 12.5. The van der Waals surface area contributed by atoms with Crippen LogP contribution in [0.4, 0.5) is 13.2 Å². The Hall–Kier alpha value is -2.75. The monoisotopic (exact) mass is 326 g/mol. The van der Waals surface area contributed by atoms with E-state index in [1.807, 2.05) is 48.5 Å². The predicted octanol–water partition coefficient (Wildman–Crippen LogP) is 5.99. The largest absolute Gasteiger partial charge is 0.457 e. The highest BCUT2D eigenvalue weighted by molar-refractivity contribution is 5.58. The Bertz CT molecular complexity index is 836. The molecule has 1 heterocycles. The first-order valence-corrected chi connectivity index (χ1v) is 7.57. The summed E-state index contributed by atoms with van der Waals surface area (Å²) >= 11 is 0. The molecule has 0 N–H and O–H groups in total. The maximum atomic E-state index is 12.8. The molecule has 0 saturated heterocycles. The molecule has 1 nitrogen and oxygen atoms in total. The van der Waals surface area contributed by atoms with E-state index in [2.05, 4.69) is 0 Å². The lowest BCUT2D eigenvalue weighted by atomic mass is 9.82. The van der Waals surface area contributed by atoms with Crippen molar-refractivity contribution in [3.05, 3.63) is 95.1 Å². The van der Waals surface area contributed by atoms with Gasteiger partial charge < -0.3 is 4.74 Å². The first kappa shape index (κ1) is 14.8. The van der Waals surface area contributed by atoms with Crippen molar-refractivity contribution < 1.29 is 17.9 Å². The quantitative estimate of drug-likeness (QED) is 0.417. The molecule has 24 heavy (non-hydrogen) atoms. The first-order valence-electron chi connectivity index (χ1n) is 7.57. The molecule has 4 heteroatoms. The van der Waals surface area contributed by atoms with Gasteiger partial charge >= 0.3 is 6.18 Å². The molecule has 1 aliphatic heterocycles. The lowest BCUT2D eigenvalue weighted by Gasteiger charge is -2.28. The van der Waals surface area contributed by atoms with Crippen LogP contribution in [0.25, 0.3) is 0 Å². The number of fused-ring (bicyclic) bond motifs is 2. The number of para-hydroxylation sites is 2. The molecular weight excluding hydrogens is 313 g/mol. The minimum absolute atomic E-state index is 0.145. The van der Waals surface area contributed by atoms with Crippen LogP contribution in [0.5, 0.6) is 11.5 Å². The van der Waals surface area contributed by atoms with E-state index in [4.69, 9.17) is 4.74 Å². The van der Waals surface area contributed by atoms with Crippen LogP contribution in [0.1, 0.15) is 28.2 Å². The van der Waals surface area contributed by atoms with Crippen molar-refractivity contribution in [3.63, 3.8) is 0 Å². The number of alkyl halides is 3. The highest BCUT2D eigenvalue weighted by atomic mass is 19.4. The first-order chi connectivity index (χ1) is 11.5. The van der Waals surface area contributed by atoms with E-state index >= 15 is 0 Å². The molecule has 0 bridgehead atoms. The fraction of sp³-hybridized carbons (Fsp3) is 0.100. The summed E-state index contributed by atoms with van der Waals surface area (Å²) in [7, 11) is 0. The van der Waals surface area contributed by atoms with E-state index in [1.165, 1.54) is 0 Å². The second-order valence-corrected chi connectivity index (χ2v) is 5.73. The molecule has 0 unspecified atom stereocenters. The Morgan fingerprint density at radius 3 is 1.67 bits per heavy atom. The van der Waals surface area contributed by atoms with Gasteiger partial charge in [0.25, 0.3) is 0 Å². The average Bonchev–Trinajstić information content (AvgIpc) is 2.59. The van der Waals surface area contributed by atoms with E-state index in [-0.39, 0.29) is 5.92 Å². The summed E-state index contributed by atoms with van der Waals surface area (Å²) in [6.45, 7) is 0. The van der Waals surface area contributed by atoms with Gasteiger partial charge in [0.1, 0.15) is 11.5 Å². The summed E-state index contributed by atoms with van der Waals surface area (Å²) < 4.78 is 44.4. The number of benzene rings is 3. The molecule has 0 aliphatic carbocycles. The van der Waals surface area contributed by atoms with Gasteiger partial charge in [0.15, 0.2) is 0 Å². The summed E-state index contributed by atoms with van der Waals surface area (Å²) in [4.78, 5) is 0. The van der Waals surface area contributed by atoms with Gasteiger partial charge in [-0.1, -0.05) is 48.5 Å². The number of rotatable bonds is 1. The standard InChI is InChI=1S/C20H13F3O/c21-20(22,23)14-11-9-13(10-12-14)19-15-5-1-3-7-17(15)24-18-8-4-2-6-16(18)19/h1-12,19H. The Morgan fingerprint density at radius 2 is 1.17 bits per heavy atom. The van der Waals surface area contributed by atoms with Crippen molar-refractivity contribution in [3.8, 4) is 11.5 Å². The average molecular weight is 326 g/mol. The van der Waals surface area contributed by atoms with Crippen molar-refractivity contribution >= 4 is 0 Å². The van der Waals surface area contributed by atoms with Crippen LogP contribution in [0, 0.1) is 0 Å². The summed E-state index contributed by atoms with van der Waals surface area (Å²) in [5.41, 5.74) is 2.08. The van der Waals surface area contributed by atoms with E-state index < -0.39 is 11.7 Å². The van der Waals surface area contributed by atoms with Gasteiger partial charge in [0, 0.05) is 17.0 Å². The zero-order chi connectivity index (χ0) is 16.7. The van der Waals surface area contributed by atoms with Crippen LogP contribution >= 0.6 is 0 Å². The summed E-state index contributed by atoms with van der Waals surface area (Å²) in [5.74, 6) is 1.33. The van der Waals surface area contributed by atoms with Crippen LogP contribution in [-0.2, 0) is 6.18 Å². The minimum atomic E-state index is -4.33. The summed E-state index contributed by atoms with van der Waals surface area (Å²) in [6, 6.07) is 20.6. The summed E-state index contributed by atoms with van der Waals surface area (Å²) in [6.07, 6.45) is -4.33. The van der Waals surface area contributed by atoms with Crippen molar-refractivity contribution in [1.82, 2.24) is 0 Å². The molecule has 0 radical (unpaired) electrons. The number of hydrogen-bond donors (Lipinski definition) is 0. The van der Waals surface area contributed by atoms with Crippen molar-refractivity contribution in [1.29, 1.82) is 0 Å². The van der Waals surface area contributed by atoms with E-state index in [1.54, 1.807) is 12.1 Å². The SMILES string of the molecule is FC(F)(F)c1ccc(C2c3ccccc3Oc3ccccc32)cc1. The van der Waals surface area contributed by atoms with Gasteiger partial charge in [-0.3, -0.25) is 0 Å². The summed E-state index contributed by atoms with van der Waals surface area (Å²) in [5, 5.41) is 0. The molecular formula is C20H13F3O. The molecule has 0 amide bonds. The number of hydrogen-bond acceptors (Lipinski definition) is 1. The topological polar surface area (TPSA) is 9.23 Å². The molecule has 3 aromatic rings. The highest BCUT2D eigenvalue weighted by Crippen LogP contribution is 2.47. The van der Waals surface area contributed by atoms with Gasteiger partial charge in [0.05, 0.1) is 5.56 Å². The lowest BCUT2D eigenvalue weighted by Crippen LogP contribution is -2.12. The molecule has 0 atom stereocenters. The Kier molecular flexibility index (Phi) is 3.34. The smallest absolute Gasteiger partial charge is 0.416 e. The third-order valence-corrected chi connectivity index (χ3v) is 4.25. The van der Waals surface area contributed by atoms with Gasteiger partial charge in [-0.2, -0.15) is 13.2 Å². The van der Waals surface area contributed by atoms with Crippen molar-refractivity contribution in [2.75, 3.05) is 0 Å².